The van der Waals surface area contributed by atoms with E-state index in [-0.39, 0.29) is 12.1 Å². The Morgan fingerprint density at radius 1 is 0.900 bits per heavy atom. The molecule has 1 aliphatic heterocycles. The van der Waals surface area contributed by atoms with Crippen molar-refractivity contribution in [1.29, 1.82) is 0 Å². The standard InChI is InChI=1S/C17H18N2O/c1-13-14(2)20-17(18-15-9-5-3-6-10-15)19(13)16-11-7-4-8-12-16/h3-14H,1-2H3/t13-,14-/m1/s1. The van der Waals surface area contributed by atoms with Gasteiger partial charge in [0.1, 0.15) is 6.10 Å². The molecule has 0 unspecified atom stereocenters. The van der Waals surface area contributed by atoms with Gasteiger partial charge in [-0.2, -0.15) is 4.99 Å². The van der Waals surface area contributed by atoms with Gasteiger partial charge in [-0.3, -0.25) is 4.90 Å². The van der Waals surface area contributed by atoms with Gasteiger partial charge in [0.05, 0.1) is 11.7 Å². The SMILES string of the molecule is C[C@@H]1[C@@H](C)OC(=Nc2ccccc2)N1c1ccccc1. The summed E-state index contributed by atoms with van der Waals surface area (Å²) in [6.45, 7) is 4.24. The summed E-state index contributed by atoms with van der Waals surface area (Å²) in [4.78, 5) is 6.79. The summed E-state index contributed by atoms with van der Waals surface area (Å²) in [6.07, 6.45) is 0.123. The number of ether oxygens (including phenoxy) is 1. The fourth-order valence-electron chi connectivity index (χ4n) is 2.33. The van der Waals surface area contributed by atoms with Crippen molar-refractivity contribution in [2.75, 3.05) is 4.90 Å². The van der Waals surface area contributed by atoms with Gasteiger partial charge in [0.2, 0.25) is 0 Å². The Bertz CT molecular complexity index is 595. The van der Waals surface area contributed by atoms with Gasteiger partial charge in [0.25, 0.3) is 6.02 Å². The van der Waals surface area contributed by atoms with Crippen LogP contribution in [0.25, 0.3) is 0 Å². The zero-order valence-corrected chi connectivity index (χ0v) is 11.7. The lowest BCUT2D eigenvalue weighted by molar-refractivity contribution is 0.227. The van der Waals surface area contributed by atoms with Crippen molar-refractivity contribution in [3.63, 3.8) is 0 Å². The van der Waals surface area contributed by atoms with Gasteiger partial charge < -0.3 is 4.74 Å². The highest BCUT2D eigenvalue weighted by Crippen LogP contribution is 2.28. The minimum atomic E-state index is 0.123. The second-order valence-electron chi connectivity index (χ2n) is 5.00. The maximum atomic E-state index is 5.92. The van der Waals surface area contributed by atoms with Crippen LogP contribution in [0.2, 0.25) is 0 Å². The summed E-state index contributed by atoms with van der Waals surface area (Å²) in [5.41, 5.74) is 2.02. The maximum absolute atomic E-state index is 5.92. The van der Waals surface area contributed by atoms with Crippen LogP contribution in [0.15, 0.2) is 65.7 Å². The predicted molar refractivity (Wildman–Crippen MR) is 82.5 cm³/mol. The first-order valence-corrected chi connectivity index (χ1v) is 6.90. The number of benzene rings is 2. The van der Waals surface area contributed by atoms with Crippen LogP contribution in [0.4, 0.5) is 11.4 Å². The summed E-state index contributed by atoms with van der Waals surface area (Å²) >= 11 is 0. The van der Waals surface area contributed by atoms with E-state index in [1.807, 2.05) is 48.5 Å². The van der Waals surface area contributed by atoms with Crippen LogP contribution in [-0.4, -0.2) is 18.2 Å². The molecule has 0 amide bonds. The molecule has 0 aliphatic carbocycles. The summed E-state index contributed by atoms with van der Waals surface area (Å²) < 4.78 is 5.92. The fraction of sp³-hybridized carbons (Fsp3) is 0.235. The average molecular weight is 266 g/mol. The Balaban J connectivity index is 1.99. The van der Waals surface area contributed by atoms with Crippen LogP contribution in [0.1, 0.15) is 13.8 Å². The van der Waals surface area contributed by atoms with E-state index in [0.29, 0.717) is 6.02 Å². The molecule has 0 radical (unpaired) electrons. The normalized spacial score (nSPS) is 23.9. The van der Waals surface area contributed by atoms with E-state index in [9.17, 15) is 0 Å². The van der Waals surface area contributed by atoms with Crippen molar-refractivity contribution in [1.82, 2.24) is 0 Å². The van der Waals surface area contributed by atoms with Crippen LogP contribution in [0.3, 0.4) is 0 Å². The topological polar surface area (TPSA) is 24.8 Å². The molecule has 3 heteroatoms. The van der Waals surface area contributed by atoms with Crippen molar-refractivity contribution >= 4 is 17.4 Å². The van der Waals surface area contributed by atoms with Gasteiger partial charge >= 0.3 is 0 Å². The molecule has 1 saturated heterocycles. The Labute approximate surface area is 119 Å². The molecule has 20 heavy (non-hydrogen) atoms. The van der Waals surface area contributed by atoms with E-state index < -0.39 is 0 Å². The molecule has 1 fully saturated rings. The molecule has 0 bridgehead atoms. The van der Waals surface area contributed by atoms with Crippen molar-refractivity contribution in [2.24, 2.45) is 4.99 Å². The minimum Gasteiger partial charge on any atom is -0.459 e. The highest BCUT2D eigenvalue weighted by molar-refractivity contribution is 5.96. The lowest BCUT2D eigenvalue weighted by Gasteiger charge is -2.21. The van der Waals surface area contributed by atoms with E-state index in [4.69, 9.17) is 4.74 Å². The highest BCUT2D eigenvalue weighted by Gasteiger charge is 2.35. The molecular formula is C17H18N2O. The fourth-order valence-corrected chi connectivity index (χ4v) is 2.33. The molecule has 0 saturated carbocycles. The lowest BCUT2D eigenvalue weighted by atomic mass is 10.2. The molecule has 102 valence electrons. The van der Waals surface area contributed by atoms with Crippen molar-refractivity contribution in [2.45, 2.75) is 26.0 Å². The zero-order valence-electron chi connectivity index (χ0n) is 11.7. The van der Waals surface area contributed by atoms with Crippen LogP contribution in [0, 0.1) is 0 Å². The van der Waals surface area contributed by atoms with Gasteiger partial charge in [0, 0.05) is 5.69 Å². The third-order valence-corrected chi connectivity index (χ3v) is 3.60. The molecule has 2 aromatic carbocycles. The van der Waals surface area contributed by atoms with E-state index in [0.717, 1.165) is 11.4 Å². The first-order valence-electron chi connectivity index (χ1n) is 6.90. The molecule has 2 aromatic rings. The Morgan fingerprint density at radius 2 is 1.50 bits per heavy atom. The minimum absolute atomic E-state index is 0.123. The van der Waals surface area contributed by atoms with Crippen LogP contribution >= 0.6 is 0 Å². The third kappa shape index (κ3) is 2.39. The molecule has 3 nitrogen and oxygen atoms in total. The predicted octanol–water partition coefficient (Wildman–Crippen LogP) is 3.99. The molecule has 1 heterocycles. The van der Waals surface area contributed by atoms with Crippen molar-refractivity contribution in [3.05, 3.63) is 60.7 Å². The van der Waals surface area contributed by atoms with Gasteiger partial charge in [-0.15, -0.1) is 0 Å². The number of hydrogen-bond donors (Lipinski definition) is 0. The molecular weight excluding hydrogens is 248 g/mol. The van der Waals surface area contributed by atoms with Gasteiger partial charge in [0.15, 0.2) is 0 Å². The molecule has 3 rings (SSSR count). The smallest absolute Gasteiger partial charge is 0.297 e. The monoisotopic (exact) mass is 266 g/mol. The van der Waals surface area contributed by atoms with E-state index >= 15 is 0 Å². The molecule has 2 atom stereocenters. The zero-order chi connectivity index (χ0) is 13.9. The van der Waals surface area contributed by atoms with E-state index in [1.165, 1.54) is 0 Å². The van der Waals surface area contributed by atoms with E-state index in [2.05, 4.69) is 35.9 Å². The Hall–Kier alpha value is -2.29. The lowest BCUT2D eigenvalue weighted by Crippen LogP contribution is -2.33. The second kappa shape index (κ2) is 5.37. The average Bonchev–Trinajstić information content (AvgIpc) is 2.76. The maximum Gasteiger partial charge on any atom is 0.297 e. The van der Waals surface area contributed by atoms with Crippen LogP contribution in [0.5, 0.6) is 0 Å². The summed E-state index contributed by atoms with van der Waals surface area (Å²) in [6, 6.07) is 21.1. The summed E-state index contributed by atoms with van der Waals surface area (Å²) in [7, 11) is 0. The molecule has 0 aromatic heterocycles. The molecule has 1 aliphatic rings. The van der Waals surface area contributed by atoms with Crippen LogP contribution in [-0.2, 0) is 4.74 Å². The first-order chi connectivity index (χ1) is 9.75. The van der Waals surface area contributed by atoms with Gasteiger partial charge in [-0.05, 0) is 38.1 Å². The third-order valence-electron chi connectivity index (χ3n) is 3.60. The molecule has 0 spiro atoms. The Kier molecular flexibility index (Phi) is 3.42. The number of aliphatic imine (C=N–C) groups is 1. The second-order valence-corrected chi connectivity index (χ2v) is 5.00. The number of anilines is 1. The number of rotatable bonds is 2. The largest absolute Gasteiger partial charge is 0.459 e. The molecule has 0 N–H and O–H groups in total. The quantitative estimate of drug-likeness (QED) is 0.821. The van der Waals surface area contributed by atoms with Crippen molar-refractivity contribution in [3.8, 4) is 0 Å². The van der Waals surface area contributed by atoms with E-state index in [1.54, 1.807) is 0 Å². The number of nitrogens with zero attached hydrogens (tertiary/aromatic N) is 2. The number of para-hydroxylation sites is 2. The highest BCUT2D eigenvalue weighted by atomic mass is 16.5. The number of amidine groups is 1. The summed E-state index contributed by atoms with van der Waals surface area (Å²) in [5.74, 6) is 0. The first kappa shape index (κ1) is 12.7. The number of hydrogen-bond acceptors (Lipinski definition) is 2. The van der Waals surface area contributed by atoms with Gasteiger partial charge in [-0.25, -0.2) is 0 Å². The van der Waals surface area contributed by atoms with Crippen LogP contribution < -0.4 is 4.90 Å². The van der Waals surface area contributed by atoms with Gasteiger partial charge in [-0.1, -0.05) is 36.4 Å². The Morgan fingerprint density at radius 3 is 2.15 bits per heavy atom. The van der Waals surface area contributed by atoms with Crippen molar-refractivity contribution < 1.29 is 4.74 Å². The summed E-state index contributed by atoms with van der Waals surface area (Å²) in [5, 5.41) is 0.